The SMILES string of the molecule is CCOC(=O)C1C(=O)N(CCOC)c2nc3ccccc3n2C1c1ccco1. The molecule has 3 aromatic rings. The van der Waals surface area contributed by atoms with Crippen LogP contribution in [0.25, 0.3) is 11.0 Å². The summed E-state index contributed by atoms with van der Waals surface area (Å²) in [6, 6.07) is 10.4. The number of furan rings is 1. The fourth-order valence-electron chi connectivity index (χ4n) is 3.65. The third-order valence-corrected chi connectivity index (χ3v) is 4.84. The summed E-state index contributed by atoms with van der Waals surface area (Å²) in [5.74, 6) is -1.07. The summed E-state index contributed by atoms with van der Waals surface area (Å²) in [6.07, 6.45) is 1.53. The van der Waals surface area contributed by atoms with E-state index in [1.165, 1.54) is 11.2 Å². The van der Waals surface area contributed by atoms with Crippen LogP contribution in [0.4, 0.5) is 5.95 Å². The van der Waals surface area contributed by atoms with Gasteiger partial charge in [0.25, 0.3) is 0 Å². The van der Waals surface area contributed by atoms with E-state index in [1.807, 2.05) is 28.8 Å². The Hall–Kier alpha value is -3.13. The van der Waals surface area contributed by atoms with Crippen molar-refractivity contribution in [2.45, 2.75) is 13.0 Å². The molecule has 146 valence electrons. The van der Waals surface area contributed by atoms with Crippen LogP contribution in [0.2, 0.25) is 0 Å². The topological polar surface area (TPSA) is 86.8 Å². The van der Waals surface area contributed by atoms with Gasteiger partial charge in [-0.1, -0.05) is 12.1 Å². The number of hydrogen-bond acceptors (Lipinski definition) is 6. The number of esters is 1. The molecule has 2 aromatic heterocycles. The van der Waals surface area contributed by atoms with Crippen LogP contribution in [0.15, 0.2) is 47.1 Å². The highest BCUT2D eigenvalue weighted by molar-refractivity contribution is 6.08. The molecular formula is C20H21N3O5. The van der Waals surface area contributed by atoms with Crippen LogP contribution in [0.1, 0.15) is 18.7 Å². The molecule has 1 amide bonds. The molecule has 0 spiro atoms. The Kier molecular flexibility index (Phi) is 4.87. The van der Waals surface area contributed by atoms with Gasteiger partial charge >= 0.3 is 5.97 Å². The second-order valence-corrected chi connectivity index (χ2v) is 6.44. The zero-order valence-electron chi connectivity index (χ0n) is 15.7. The molecule has 0 fully saturated rings. The Morgan fingerprint density at radius 2 is 2.07 bits per heavy atom. The maximum Gasteiger partial charge on any atom is 0.321 e. The summed E-state index contributed by atoms with van der Waals surface area (Å²) in [5, 5.41) is 0. The largest absolute Gasteiger partial charge is 0.467 e. The summed E-state index contributed by atoms with van der Waals surface area (Å²) in [5.41, 5.74) is 1.54. The monoisotopic (exact) mass is 383 g/mol. The fourth-order valence-corrected chi connectivity index (χ4v) is 3.65. The second-order valence-electron chi connectivity index (χ2n) is 6.44. The lowest BCUT2D eigenvalue weighted by Crippen LogP contribution is -2.51. The van der Waals surface area contributed by atoms with E-state index < -0.39 is 17.9 Å². The second kappa shape index (κ2) is 7.47. The molecule has 0 saturated carbocycles. The van der Waals surface area contributed by atoms with E-state index in [9.17, 15) is 9.59 Å². The number of methoxy groups -OCH3 is 1. The smallest absolute Gasteiger partial charge is 0.321 e. The first kappa shape index (κ1) is 18.2. The lowest BCUT2D eigenvalue weighted by atomic mass is 9.93. The Morgan fingerprint density at radius 1 is 1.25 bits per heavy atom. The van der Waals surface area contributed by atoms with Gasteiger partial charge in [-0.25, -0.2) is 4.98 Å². The van der Waals surface area contributed by atoms with Gasteiger partial charge < -0.3 is 13.9 Å². The standard InChI is InChI=1S/C20H21N3O5/c1-3-27-19(25)16-17(15-9-6-11-28-15)23-14-8-5-4-7-13(14)21-20(23)22(18(16)24)10-12-26-2/h4-9,11,16-17H,3,10,12H2,1-2H3. The average Bonchev–Trinajstić information content (AvgIpc) is 3.34. The van der Waals surface area contributed by atoms with Crippen LogP contribution in [0, 0.1) is 5.92 Å². The first-order chi connectivity index (χ1) is 13.7. The van der Waals surface area contributed by atoms with Crippen LogP contribution >= 0.6 is 0 Å². The predicted octanol–water partition coefficient (Wildman–Crippen LogP) is 2.39. The summed E-state index contributed by atoms with van der Waals surface area (Å²) in [7, 11) is 1.56. The molecular weight excluding hydrogens is 362 g/mol. The maximum atomic E-state index is 13.4. The van der Waals surface area contributed by atoms with Crippen molar-refractivity contribution in [1.29, 1.82) is 0 Å². The number of carbonyl (C=O) groups is 2. The number of carbonyl (C=O) groups excluding carboxylic acids is 2. The molecule has 1 aromatic carbocycles. The lowest BCUT2D eigenvalue weighted by molar-refractivity contribution is -0.153. The molecule has 0 bridgehead atoms. The summed E-state index contributed by atoms with van der Waals surface area (Å²) < 4.78 is 17.9. The van der Waals surface area contributed by atoms with Gasteiger partial charge in [0, 0.05) is 7.11 Å². The Balaban J connectivity index is 1.95. The highest BCUT2D eigenvalue weighted by atomic mass is 16.5. The minimum Gasteiger partial charge on any atom is -0.467 e. The third kappa shape index (κ3) is 2.86. The summed E-state index contributed by atoms with van der Waals surface area (Å²) in [4.78, 5) is 32.3. The Bertz CT molecular complexity index is 995. The van der Waals surface area contributed by atoms with Crippen LogP contribution in [0.5, 0.6) is 0 Å². The normalized spacial score (nSPS) is 19.1. The minimum atomic E-state index is -1.08. The van der Waals surface area contributed by atoms with Crippen molar-refractivity contribution in [2.24, 2.45) is 5.92 Å². The number of amides is 1. The first-order valence-electron chi connectivity index (χ1n) is 9.14. The number of nitrogens with zero attached hydrogens (tertiary/aromatic N) is 3. The van der Waals surface area contributed by atoms with Crippen molar-refractivity contribution in [3.05, 3.63) is 48.4 Å². The molecule has 1 aliphatic heterocycles. The number of fused-ring (bicyclic) bond motifs is 3. The molecule has 0 saturated heterocycles. The molecule has 1 aliphatic rings. The number of rotatable bonds is 6. The lowest BCUT2D eigenvalue weighted by Gasteiger charge is -2.36. The van der Waals surface area contributed by atoms with Crippen LogP contribution in [0.3, 0.4) is 0 Å². The van der Waals surface area contributed by atoms with E-state index >= 15 is 0 Å². The van der Waals surface area contributed by atoms with Crippen molar-refractivity contribution < 1.29 is 23.5 Å². The Morgan fingerprint density at radius 3 is 2.79 bits per heavy atom. The minimum absolute atomic E-state index is 0.184. The highest BCUT2D eigenvalue weighted by Crippen LogP contribution is 2.41. The Labute approximate surface area is 161 Å². The maximum absolute atomic E-state index is 13.4. The molecule has 3 heterocycles. The van der Waals surface area contributed by atoms with Crippen molar-refractivity contribution in [3.8, 4) is 0 Å². The third-order valence-electron chi connectivity index (χ3n) is 4.84. The van der Waals surface area contributed by atoms with E-state index in [1.54, 1.807) is 26.2 Å². The molecule has 8 heteroatoms. The number of benzene rings is 1. The van der Waals surface area contributed by atoms with Gasteiger partial charge in [-0.05, 0) is 31.2 Å². The van der Waals surface area contributed by atoms with Gasteiger partial charge in [0.1, 0.15) is 11.8 Å². The molecule has 4 rings (SSSR count). The van der Waals surface area contributed by atoms with Gasteiger partial charge in [-0.2, -0.15) is 0 Å². The van der Waals surface area contributed by atoms with Gasteiger partial charge in [-0.15, -0.1) is 0 Å². The average molecular weight is 383 g/mol. The number of anilines is 1. The zero-order valence-corrected chi connectivity index (χ0v) is 15.7. The van der Waals surface area contributed by atoms with Crippen LogP contribution < -0.4 is 4.90 Å². The van der Waals surface area contributed by atoms with Crippen molar-refractivity contribution in [3.63, 3.8) is 0 Å². The van der Waals surface area contributed by atoms with Gasteiger partial charge in [-0.3, -0.25) is 19.1 Å². The number of hydrogen-bond donors (Lipinski definition) is 0. The van der Waals surface area contributed by atoms with Crippen molar-refractivity contribution in [2.75, 3.05) is 31.8 Å². The summed E-state index contributed by atoms with van der Waals surface area (Å²) >= 11 is 0. The van der Waals surface area contributed by atoms with E-state index in [4.69, 9.17) is 13.9 Å². The van der Waals surface area contributed by atoms with E-state index in [-0.39, 0.29) is 19.1 Å². The highest BCUT2D eigenvalue weighted by Gasteiger charge is 2.48. The molecule has 0 radical (unpaired) electrons. The molecule has 2 unspecified atom stereocenters. The number of para-hydroxylation sites is 2. The van der Waals surface area contributed by atoms with E-state index in [2.05, 4.69) is 4.98 Å². The molecule has 0 aliphatic carbocycles. The number of ether oxygens (including phenoxy) is 2. The molecule has 28 heavy (non-hydrogen) atoms. The van der Waals surface area contributed by atoms with Crippen molar-refractivity contribution in [1.82, 2.24) is 9.55 Å². The quantitative estimate of drug-likeness (QED) is 0.480. The van der Waals surface area contributed by atoms with Gasteiger partial charge in [0.05, 0.1) is 37.1 Å². The van der Waals surface area contributed by atoms with Crippen LogP contribution in [-0.2, 0) is 19.1 Å². The van der Waals surface area contributed by atoms with Crippen LogP contribution in [-0.4, -0.2) is 48.3 Å². The zero-order chi connectivity index (χ0) is 19.7. The molecule has 0 N–H and O–H groups in total. The number of imidazole rings is 1. The number of aromatic nitrogens is 2. The predicted molar refractivity (Wildman–Crippen MR) is 101 cm³/mol. The van der Waals surface area contributed by atoms with Crippen molar-refractivity contribution >= 4 is 28.9 Å². The first-order valence-corrected chi connectivity index (χ1v) is 9.14. The van der Waals surface area contributed by atoms with E-state index in [0.717, 1.165) is 11.0 Å². The van der Waals surface area contributed by atoms with E-state index in [0.29, 0.717) is 18.3 Å². The molecule has 2 atom stereocenters. The fraction of sp³-hybridized carbons (Fsp3) is 0.350. The summed E-state index contributed by atoms with van der Waals surface area (Å²) in [6.45, 7) is 2.49. The van der Waals surface area contributed by atoms with Gasteiger partial charge in [0.2, 0.25) is 11.9 Å². The van der Waals surface area contributed by atoms with Gasteiger partial charge in [0.15, 0.2) is 5.92 Å². The molecule has 8 nitrogen and oxygen atoms in total.